The lowest BCUT2D eigenvalue weighted by Gasteiger charge is -2.10. The predicted molar refractivity (Wildman–Crippen MR) is 58.1 cm³/mol. The Morgan fingerprint density at radius 2 is 1.80 bits per heavy atom. The molecule has 0 radical (unpaired) electrons. The molecule has 0 amide bonds. The molecule has 2 aliphatic carbocycles. The number of carbonyl (C=O) groups is 1. The molecule has 2 aliphatic rings. The molecule has 0 aromatic heterocycles. The van der Waals surface area contributed by atoms with E-state index in [1.54, 1.807) is 0 Å². The first-order valence-electron chi connectivity index (χ1n) is 5.11. The standard InChI is InChI=1S/C6H12O3.C6H4/c1-3-4-6(8)9-5(2)7;1-2-6-4-3-5(1)6/h5,7H,3-4H2,1-2H3;1-4H. The van der Waals surface area contributed by atoms with Gasteiger partial charge in [-0.25, -0.2) is 0 Å². The molecule has 15 heavy (non-hydrogen) atoms. The van der Waals surface area contributed by atoms with Crippen LogP contribution in [0.3, 0.4) is 0 Å². The molecule has 0 saturated heterocycles. The maximum absolute atomic E-state index is 10.5. The minimum atomic E-state index is -0.968. The summed E-state index contributed by atoms with van der Waals surface area (Å²) in [5, 5.41) is 8.51. The molecular formula is C12H16O3. The molecule has 0 aromatic carbocycles. The van der Waals surface area contributed by atoms with Crippen LogP contribution in [0.1, 0.15) is 26.7 Å². The molecule has 0 aromatic rings. The third kappa shape index (κ3) is 3.72. The van der Waals surface area contributed by atoms with Gasteiger partial charge in [0.15, 0.2) is 6.29 Å². The van der Waals surface area contributed by atoms with Crippen LogP contribution in [0.25, 0.3) is 11.1 Å². The zero-order chi connectivity index (χ0) is 11.3. The number of aliphatic hydroxyl groups is 1. The van der Waals surface area contributed by atoms with Crippen LogP contribution in [-0.4, -0.2) is 17.4 Å². The molecule has 0 spiro atoms. The van der Waals surface area contributed by atoms with E-state index in [-0.39, 0.29) is 5.97 Å². The summed E-state index contributed by atoms with van der Waals surface area (Å²) in [5.41, 5.74) is 2.85. The van der Waals surface area contributed by atoms with Gasteiger partial charge in [-0.2, -0.15) is 0 Å². The van der Waals surface area contributed by atoms with Crippen molar-refractivity contribution in [3.63, 3.8) is 0 Å². The molecule has 3 nitrogen and oxygen atoms in total. The number of benzene rings is 1. The van der Waals surface area contributed by atoms with Crippen molar-refractivity contribution in [2.75, 3.05) is 0 Å². The van der Waals surface area contributed by atoms with Crippen molar-refractivity contribution in [1.82, 2.24) is 0 Å². The summed E-state index contributed by atoms with van der Waals surface area (Å²) in [6.45, 7) is 3.29. The number of rotatable bonds is 3. The summed E-state index contributed by atoms with van der Waals surface area (Å²) in [6.07, 6.45) is 0.167. The minimum absolute atomic E-state index is 0.340. The van der Waals surface area contributed by atoms with Gasteiger partial charge >= 0.3 is 5.97 Å². The van der Waals surface area contributed by atoms with E-state index in [9.17, 15) is 4.79 Å². The molecular weight excluding hydrogens is 192 g/mol. The Labute approximate surface area is 89.7 Å². The van der Waals surface area contributed by atoms with Gasteiger partial charge in [0, 0.05) is 6.42 Å². The van der Waals surface area contributed by atoms with Crippen molar-refractivity contribution in [3.05, 3.63) is 24.3 Å². The average molecular weight is 208 g/mol. The lowest BCUT2D eigenvalue weighted by molar-refractivity contribution is -0.164. The van der Waals surface area contributed by atoms with Crippen LogP contribution in [0.5, 0.6) is 0 Å². The van der Waals surface area contributed by atoms with Crippen LogP contribution in [0, 0.1) is 0 Å². The van der Waals surface area contributed by atoms with Crippen LogP contribution in [0.4, 0.5) is 0 Å². The monoisotopic (exact) mass is 208 g/mol. The Hall–Kier alpha value is -1.35. The second kappa shape index (κ2) is 5.51. The van der Waals surface area contributed by atoms with Crippen LogP contribution in [0.2, 0.25) is 0 Å². The molecule has 0 bridgehead atoms. The third-order valence-electron chi connectivity index (χ3n) is 1.97. The molecule has 0 fully saturated rings. The summed E-state index contributed by atoms with van der Waals surface area (Å²) >= 11 is 0. The highest BCUT2D eigenvalue weighted by atomic mass is 16.6. The van der Waals surface area contributed by atoms with Gasteiger partial charge in [0.1, 0.15) is 0 Å². The maximum atomic E-state index is 10.5. The lowest BCUT2D eigenvalue weighted by Crippen LogP contribution is -2.12. The topological polar surface area (TPSA) is 46.5 Å². The first kappa shape index (κ1) is 11.7. The van der Waals surface area contributed by atoms with Gasteiger partial charge < -0.3 is 9.84 Å². The van der Waals surface area contributed by atoms with Crippen molar-refractivity contribution in [2.45, 2.75) is 33.0 Å². The number of carbonyl (C=O) groups excluding carboxylic acids is 1. The predicted octanol–water partition coefficient (Wildman–Crippen LogP) is 2.33. The summed E-state index contributed by atoms with van der Waals surface area (Å²) in [5.74, 6) is -0.340. The third-order valence-corrected chi connectivity index (χ3v) is 1.97. The Kier molecular flexibility index (Phi) is 4.31. The van der Waals surface area contributed by atoms with Crippen LogP contribution in [0.15, 0.2) is 24.3 Å². The van der Waals surface area contributed by atoms with Gasteiger partial charge in [0.05, 0.1) is 0 Å². The van der Waals surface area contributed by atoms with Gasteiger partial charge in [-0.1, -0.05) is 31.2 Å². The van der Waals surface area contributed by atoms with Gasteiger partial charge in [-0.05, 0) is 24.5 Å². The molecule has 2 rings (SSSR count). The van der Waals surface area contributed by atoms with E-state index in [1.807, 2.05) is 6.92 Å². The highest BCUT2D eigenvalue weighted by Gasteiger charge is 2.04. The first-order chi connectivity index (χ1) is 7.13. The summed E-state index contributed by atoms with van der Waals surface area (Å²) in [6, 6.07) is 8.48. The molecule has 1 atom stereocenters. The highest BCUT2D eigenvalue weighted by Crippen LogP contribution is 2.29. The normalized spacial score (nSPS) is 12.2. The molecule has 3 heteroatoms. The maximum Gasteiger partial charge on any atom is 0.308 e. The lowest BCUT2D eigenvalue weighted by atomic mass is 9.95. The number of hydrogen-bond donors (Lipinski definition) is 1. The number of ether oxygens (including phenoxy) is 1. The van der Waals surface area contributed by atoms with E-state index in [0.29, 0.717) is 6.42 Å². The fourth-order valence-electron chi connectivity index (χ4n) is 1.12. The number of fused-ring (bicyclic) bond motifs is 1. The van der Waals surface area contributed by atoms with Crippen molar-refractivity contribution in [2.24, 2.45) is 0 Å². The average Bonchev–Trinajstić information content (AvgIpc) is 2.11. The van der Waals surface area contributed by atoms with Crippen molar-refractivity contribution < 1.29 is 14.6 Å². The fraction of sp³-hybridized carbons (Fsp3) is 0.417. The van der Waals surface area contributed by atoms with Gasteiger partial charge in [0.2, 0.25) is 0 Å². The van der Waals surface area contributed by atoms with Crippen molar-refractivity contribution >= 4 is 5.97 Å². The van der Waals surface area contributed by atoms with E-state index >= 15 is 0 Å². The smallest absolute Gasteiger partial charge is 0.308 e. The first-order valence-corrected chi connectivity index (χ1v) is 5.11. The summed E-state index contributed by atoms with van der Waals surface area (Å²) < 4.78 is 4.41. The Bertz CT molecular complexity index is 293. The van der Waals surface area contributed by atoms with E-state index in [2.05, 4.69) is 29.0 Å². The second-order valence-corrected chi connectivity index (χ2v) is 3.42. The zero-order valence-electron chi connectivity index (χ0n) is 9.06. The molecule has 1 unspecified atom stereocenters. The van der Waals surface area contributed by atoms with Crippen LogP contribution >= 0.6 is 0 Å². The van der Waals surface area contributed by atoms with Gasteiger partial charge in [-0.3, -0.25) is 4.79 Å². The largest absolute Gasteiger partial charge is 0.436 e. The fourth-order valence-corrected chi connectivity index (χ4v) is 1.12. The summed E-state index contributed by atoms with van der Waals surface area (Å²) in [4.78, 5) is 10.5. The van der Waals surface area contributed by atoms with Crippen molar-refractivity contribution in [3.8, 4) is 11.1 Å². The van der Waals surface area contributed by atoms with Crippen molar-refractivity contribution in [1.29, 1.82) is 0 Å². The van der Waals surface area contributed by atoms with Crippen LogP contribution in [-0.2, 0) is 9.53 Å². The Morgan fingerprint density at radius 1 is 1.33 bits per heavy atom. The second-order valence-electron chi connectivity index (χ2n) is 3.42. The van der Waals surface area contributed by atoms with Gasteiger partial charge in [0.25, 0.3) is 0 Å². The number of aliphatic hydroxyl groups excluding tert-OH is 1. The van der Waals surface area contributed by atoms with Crippen LogP contribution < -0.4 is 0 Å². The zero-order valence-corrected chi connectivity index (χ0v) is 9.06. The minimum Gasteiger partial charge on any atom is -0.436 e. The SMILES string of the molecule is CCCC(=O)OC(C)O.c1cc2ccc1-2. The summed E-state index contributed by atoms with van der Waals surface area (Å²) in [7, 11) is 0. The van der Waals surface area contributed by atoms with E-state index in [1.165, 1.54) is 18.1 Å². The van der Waals surface area contributed by atoms with Gasteiger partial charge in [-0.15, -0.1) is 0 Å². The quantitative estimate of drug-likeness (QED) is 0.622. The number of esters is 1. The molecule has 1 N–H and O–H groups in total. The van der Waals surface area contributed by atoms with E-state index < -0.39 is 6.29 Å². The molecule has 0 saturated carbocycles. The molecule has 82 valence electrons. The number of hydrogen-bond acceptors (Lipinski definition) is 3. The Morgan fingerprint density at radius 3 is 2.00 bits per heavy atom. The molecule has 0 aliphatic heterocycles. The molecule has 0 heterocycles. The Balaban J connectivity index is 0.000000158. The van der Waals surface area contributed by atoms with E-state index in [0.717, 1.165) is 6.42 Å². The highest BCUT2D eigenvalue weighted by molar-refractivity contribution is 5.75. The van der Waals surface area contributed by atoms with E-state index in [4.69, 9.17) is 5.11 Å².